The fourth-order valence-electron chi connectivity index (χ4n) is 1.96. The molecule has 0 aromatic rings. The maximum absolute atomic E-state index is 11.7. The van der Waals surface area contributed by atoms with Gasteiger partial charge >= 0.3 is 16.3 Å². The fraction of sp³-hybridized carbons (Fsp3) is 0.778. The molecule has 0 aliphatic heterocycles. The lowest BCUT2D eigenvalue weighted by Crippen LogP contribution is -2.58. The highest BCUT2D eigenvalue weighted by Crippen LogP contribution is 2.29. The van der Waals surface area contributed by atoms with Crippen LogP contribution in [0.3, 0.4) is 0 Å². The Labute approximate surface area is 106 Å². The largest absolute Gasteiger partial charge is 0.449 e. The summed E-state index contributed by atoms with van der Waals surface area (Å²) in [5, 5.41) is 7.49. The number of amidine groups is 1. The molecule has 0 radical (unpaired) electrons. The minimum Gasteiger partial charge on any atom is -0.449 e. The molecule has 104 valence electrons. The number of hydrogen-bond donors (Lipinski definition) is 4. The second-order valence-electron chi connectivity index (χ2n) is 4.13. The van der Waals surface area contributed by atoms with Crippen molar-refractivity contribution in [2.45, 2.75) is 38.1 Å². The molecular formula is C9H18N4O4S. The van der Waals surface area contributed by atoms with Crippen molar-refractivity contribution >= 4 is 22.1 Å². The number of nitrogens with one attached hydrogen (secondary N) is 3. The van der Waals surface area contributed by atoms with Crippen molar-refractivity contribution in [3.05, 3.63) is 0 Å². The second kappa shape index (κ2) is 5.53. The zero-order valence-corrected chi connectivity index (χ0v) is 11.0. The van der Waals surface area contributed by atoms with E-state index in [1.54, 1.807) is 11.6 Å². The Morgan fingerprint density at radius 3 is 2.44 bits per heavy atom. The van der Waals surface area contributed by atoms with Gasteiger partial charge in [-0.15, -0.1) is 0 Å². The topological polar surface area (TPSA) is 134 Å². The number of rotatable bonds is 5. The summed E-state index contributed by atoms with van der Waals surface area (Å²) in [5.74, 6) is -0.241. The Morgan fingerprint density at radius 1 is 1.44 bits per heavy atom. The van der Waals surface area contributed by atoms with Crippen LogP contribution in [0.2, 0.25) is 0 Å². The first-order chi connectivity index (χ1) is 8.31. The molecule has 0 aromatic carbocycles. The van der Waals surface area contributed by atoms with Crippen LogP contribution < -0.4 is 15.2 Å². The lowest BCUT2D eigenvalue weighted by molar-refractivity contribution is 0.158. The molecule has 1 aliphatic carbocycles. The van der Waals surface area contributed by atoms with Crippen LogP contribution >= 0.6 is 0 Å². The van der Waals surface area contributed by atoms with Gasteiger partial charge in [-0.25, -0.2) is 9.52 Å². The molecular weight excluding hydrogens is 260 g/mol. The number of amides is 1. The summed E-state index contributed by atoms with van der Waals surface area (Å²) in [6.45, 7) is 1.63. The van der Waals surface area contributed by atoms with Crippen LogP contribution in [0.4, 0.5) is 4.79 Å². The molecule has 0 unspecified atom stereocenters. The predicted molar refractivity (Wildman–Crippen MR) is 65.3 cm³/mol. The van der Waals surface area contributed by atoms with Crippen LogP contribution in [0.1, 0.15) is 32.6 Å². The van der Waals surface area contributed by atoms with E-state index in [1.807, 2.05) is 0 Å². The molecule has 1 rings (SSSR count). The van der Waals surface area contributed by atoms with Crippen molar-refractivity contribution in [1.29, 1.82) is 5.41 Å². The molecule has 0 heterocycles. The van der Waals surface area contributed by atoms with E-state index in [0.717, 1.165) is 12.8 Å². The average Bonchev–Trinajstić information content (AvgIpc) is 2.65. The van der Waals surface area contributed by atoms with Crippen molar-refractivity contribution in [1.82, 2.24) is 9.44 Å². The second-order valence-corrected chi connectivity index (χ2v) is 5.55. The smallest absolute Gasteiger partial charge is 0.421 e. The minimum absolute atomic E-state index is 0.0687. The van der Waals surface area contributed by atoms with E-state index < -0.39 is 21.8 Å². The normalized spacial score (nSPS) is 18.3. The summed E-state index contributed by atoms with van der Waals surface area (Å²) in [6.07, 6.45) is 1.41. The Hall–Kier alpha value is -1.35. The minimum atomic E-state index is -4.09. The molecule has 1 amide bonds. The van der Waals surface area contributed by atoms with Crippen molar-refractivity contribution in [3.8, 4) is 0 Å². The predicted octanol–water partition coefficient (Wildman–Crippen LogP) is -0.184. The van der Waals surface area contributed by atoms with Crippen LogP contribution in [0, 0.1) is 5.41 Å². The van der Waals surface area contributed by atoms with Crippen LogP contribution in [0.5, 0.6) is 0 Å². The summed E-state index contributed by atoms with van der Waals surface area (Å²) in [6, 6.07) is 0. The number of nitrogens with two attached hydrogens (primary N) is 1. The van der Waals surface area contributed by atoms with E-state index in [2.05, 4.69) is 9.46 Å². The number of carbonyl (C=O) groups is 1. The molecule has 1 saturated carbocycles. The molecule has 1 fully saturated rings. The monoisotopic (exact) mass is 278 g/mol. The molecule has 18 heavy (non-hydrogen) atoms. The molecule has 8 nitrogen and oxygen atoms in total. The zero-order chi connectivity index (χ0) is 13.8. The summed E-state index contributed by atoms with van der Waals surface area (Å²) < 4.78 is 31.9. The highest BCUT2D eigenvalue weighted by atomic mass is 32.2. The number of hydrogen-bond acceptors (Lipinski definition) is 5. The molecule has 0 saturated heterocycles. The van der Waals surface area contributed by atoms with Gasteiger partial charge in [0.2, 0.25) is 0 Å². The highest BCUT2D eigenvalue weighted by Gasteiger charge is 2.41. The molecule has 0 aromatic heterocycles. The fourth-order valence-corrected chi connectivity index (χ4v) is 3.12. The van der Waals surface area contributed by atoms with E-state index in [-0.39, 0.29) is 12.4 Å². The van der Waals surface area contributed by atoms with Gasteiger partial charge in [0.05, 0.1) is 12.1 Å². The van der Waals surface area contributed by atoms with E-state index in [9.17, 15) is 13.2 Å². The van der Waals surface area contributed by atoms with E-state index >= 15 is 0 Å². The first-order valence-corrected chi connectivity index (χ1v) is 7.12. The summed E-state index contributed by atoms with van der Waals surface area (Å²) in [4.78, 5) is 11.1. The van der Waals surface area contributed by atoms with Gasteiger partial charge < -0.3 is 10.5 Å². The van der Waals surface area contributed by atoms with Crippen LogP contribution in [0.15, 0.2) is 0 Å². The van der Waals surface area contributed by atoms with Gasteiger partial charge in [-0.05, 0) is 19.8 Å². The maximum Gasteiger partial charge on any atom is 0.421 e. The summed E-state index contributed by atoms with van der Waals surface area (Å²) in [5.41, 5.74) is 4.36. The van der Waals surface area contributed by atoms with Gasteiger partial charge in [-0.1, -0.05) is 12.8 Å². The Bertz CT molecular complexity index is 428. The van der Waals surface area contributed by atoms with Crippen LogP contribution in [-0.2, 0) is 14.9 Å². The maximum atomic E-state index is 11.7. The lowest BCUT2D eigenvalue weighted by atomic mass is 9.98. The van der Waals surface area contributed by atoms with Crippen LogP contribution in [0.25, 0.3) is 0 Å². The Balaban J connectivity index is 2.75. The van der Waals surface area contributed by atoms with E-state index in [4.69, 9.17) is 11.1 Å². The van der Waals surface area contributed by atoms with Crippen molar-refractivity contribution in [3.63, 3.8) is 0 Å². The van der Waals surface area contributed by atoms with Gasteiger partial charge in [0.25, 0.3) is 0 Å². The van der Waals surface area contributed by atoms with Crippen molar-refractivity contribution < 1.29 is 17.9 Å². The average molecular weight is 278 g/mol. The number of carbonyl (C=O) groups excluding carboxylic acids is 1. The van der Waals surface area contributed by atoms with Crippen LogP contribution in [-0.4, -0.2) is 32.5 Å². The standard InChI is InChI=1S/C9H18N4O4S/c1-2-17-8(14)12-18(15,16)13-9(7(10)11)5-3-4-6-9/h13H,2-6H2,1H3,(H3,10,11)(H,12,14). The summed E-state index contributed by atoms with van der Waals surface area (Å²) >= 11 is 0. The van der Waals surface area contributed by atoms with Gasteiger partial charge in [-0.3, -0.25) is 5.41 Å². The molecule has 0 spiro atoms. The first kappa shape index (κ1) is 14.7. The van der Waals surface area contributed by atoms with Gasteiger partial charge in [0.1, 0.15) is 5.84 Å². The lowest BCUT2D eigenvalue weighted by Gasteiger charge is -2.28. The van der Waals surface area contributed by atoms with E-state index in [1.165, 1.54) is 0 Å². The molecule has 1 aliphatic rings. The van der Waals surface area contributed by atoms with Gasteiger partial charge in [-0.2, -0.15) is 13.1 Å². The molecule has 5 N–H and O–H groups in total. The molecule has 9 heteroatoms. The van der Waals surface area contributed by atoms with Gasteiger partial charge in [0.15, 0.2) is 0 Å². The van der Waals surface area contributed by atoms with Crippen molar-refractivity contribution in [2.75, 3.05) is 6.61 Å². The first-order valence-electron chi connectivity index (χ1n) is 5.64. The molecule has 0 atom stereocenters. The molecule has 0 bridgehead atoms. The third kappa shape index (κ3) is 3.57. The van der Waals surface area contributed by atoms with Crippen molar-refractivity contribution in [2.24, 2.45) is 5.73 Å². The van der Waals surface area contributed by atoms with Gasteiger partial charge in [0, 0.05) is 0 Å². The SMILES string of the molecule is CCOC(=O)NS(=O)(=O)NC1(C(=N)N)CCCC1. The Morgan fingerprint density at radius 2 is 2.00 bits per heavy atom. The Kier molecular flexibility index (Phi) is 4.52. The number of ether oxygens (including phenoxy) is 1. The summed E-state index contributed by atoms with van der Waals surface area (Å²) in [7, 11) is -4.09. The highest BCUT2D eigenvalue weighted by molar-refractivity contribution is 7.88. The van der Waals surface area contributed by atoms with E-state index in [0.29, 0.717) is 12.8 Å². The zero-order valence-electron chi connectivity index (χ0n) is 10.2. The third-order valence-corrected chi connectivity index (χ3v) is 3.89. The quantitative estimate of drug-likeness (QED) is 0.408. The third-order valence-electron chi connectivity index (χ3n) is 2.80.